The molecule has 0 saturated heterocycles. The Hall–Kier alpha value is -2.80. The molecule has 0 atom stereocenters. The van der Waals surface area contributed by atoms with Gasteiger partial charge in [0.05, 0.1) is 15.1 Å². The number of thiazole rings is 1. The summed E-state index contributed by atoms with van der Waals surface area (Å²) >= 11 is 1.37. The lowest BCUT2D eigenvalue weighted by atomic mass is 10.1. The maximum Gasteiger partial charge on any atom is 0.270 e. The van der Waals surface area contributed by atoms with Crippen molar-refractivity contribution in [1.82, 2.24) is 4.98 Å². The number of aromatic nitrogens is 1. The molecule has 3 aromatic rings. The molecular weight excluding hydrogens is 302 g/mol. The number of benzene rings is 2. The van der Waals surface area contributed by atoms with E-state index in [1.165, 1.54) is 30.4 Å². The van der Waals surface area contributed by atoms with Crippen molar-refractivity contribution in [2.24, 2.45) is 0 Å². The van der Waals surface area contributed by atoms with Gasteiger partial charge in [-0.3, -0.25) is 14.9 Å². The van der Waals surface area contributed by atoms with Crippen molar-refractivity contribution in [2.45, 2.75) is 6.92 Å². The molecule has 6 nitrogen and oxygen atoms in total. The van der Waals surface area contributed by atoms with Crippen LogP contribution in [0, 0.1) is 10.1 Å². The highest BCUT2D eigenvalue weighted by atomic mass is 32.1. The molecule has 0 aliphatic carbocycles. The monoisotopic (exact) mass is 313 g/mol. The van der Waals surface area contributed by atoms with Crippen molar-refractivity contribution in [3.8, 4) is 11.1 Å². The first-order valence-corrected chi connectivity index (χ1v) is 7.27. The lowest BCUT2D eigenvalue weighted by Gasteiger charge is -2.01. The van der Waals surface area contributed by atoms with Crippen molar-refractivity contribution < 1.29 is 9.72 Å². The second-order valence-electron chi connectivity index (χ2n) is 4.69. The zero-order valence-corrected chi connectivity index (χ0v) is 12.4. The van der Waals surface area contributed by atoms with E-state index >= 15 is 0 Å². The van der Waals surface area contributed by atoms with Gasteiger partial charge in [0, 0.05) is 19.1 Å². The molecule has 0 fully saturated rings. The van der Waals surface area contributed by atoms with Crippen LogP contribution < -0.4 is 5.32 Å². The smallest absolute Gasteiger partial charge is 0.270 e. The molecule has 0 bridgehead atoms. The fourth-order valence-electron chi connectivity index (χ4n) is 2.11. The highest BCUT2D eigenvalue weighted by Crippen LogP contribution is 2.31. The Morgan fingerprint density at radius 1 is 1.23 bits per heavy atom. The number of nitrogens with zero attached hydrogens (tertiary/aromatic N) is 2. The average Bonchev–Trinajstić information content (AvgIpc) is 2.87. The summed E-state index contributed by atoms with van der Waals surface area (Å²) in [7, 11) is 0. The van der Waals surface area contributed by atoms with Crippen LogP contribution in [0.4, 0.5) is 10.8 Å². The third-order valence-electron chi connectivity index (χ3n) is 3.06. The predicted molar refractivity (Wildman–Crippen MR) is 86.0 cm³/mol. The van der Waals surface area contributed by atoms with E-state index in [9.17, 15) is 14.9 Å². The first kappa shape index (κ1) is 14.2. The van der Waals surface area contributed by atoms with Gasteiger partial charge < -0.3 is 5.32 Å². The van der Waals surface area contributed by atoms with Crippen LogP contribution in [-0.4, -0.2) is 15.8 Å². The van der Waals surface area contributed by atoms with Crippen molar-refractivity contribution >= 4 is 38.3 Å². The maximum atomic E-state index is 11.1. The molecule has 2 aromatic carbocycles. The van der Waals surface area contributed by atoms with E-state index in [-0.39, 0.29) is 11.6 Å². The molecular formula is C15H11N3O3S. The van der Waals surface area contributed by atoms with Gasteiger partial charge in [0.2, 0.25) is 5.91 Å². The molecule has 1 N–H and O–H groups in total. The molecule has 0 unspecified atom stereocenters. The molecule has 0 aliphatic rings. The second kappa shape index (κ2) is 5.53. The van der Waals surface area contributed by atoms with E-state index in [0.29, 0.717) is 5.13 Å². The third kappa shape index (κ3) is 2.79. The fraction of sp³-hybridized carbons (Fsp3) is 0.0667. The Morgan fingerprint density at radius 3 is 2.73 bits per heavy atom. The molecule has 1 heterocycles. The lowest BCUT2D eigenvalue weighted by molar-refractivity contribution is -0.384. The molecule has 0 saturated carbocycles. The number of nitro benzene ring substituents is 1. The number of hydrogen-bond acceptors (Lipinski definition) is 5. The van der Waals surface area contributed by atoms with Crippen LogP contribution in [0.15, 0.2) is 42.5 Å². The minimum absolute atomic E-state index is 0.0563. The Kier molecular flexibility index (Phi) is 3.56. The third-order valence-corrected chi connectivity index (χ3v) is 4.00. The molecule has 3 rings (SSSR count). The first-order valence-electron chi connectivity index (χ1n) is 6.46. The Bertz CT molecular complexity index is 889. The summed E-state index contributed by atoms with van der Waals surface area (Å²) in [4.78, 5) is 25.8. The van der Waals surface area contributed by atoms with Crippen LogP contribution in [0.5, 0.6) is 0 Å². The van der Waals surface area contributed by atoms with E-state index in [2.05, 4.69) is 10.3 Å². The summed E-state index contributed by atoms with van der Waals surface area (Å²) in [5.74, 6) is -0.169. The number of anilines is 1. The summed E-state index contributed by atoms with van der Waals surface area (Å²) in [6.45, 7) is 1.43. The first-order chi connectivity index (χ1) is 10.5. The van der Waals surface area contributed by atoms with Gasteiger partial charge in [-0.05, 0) is 23.3 Å². The SMILES string of the molecule is CC(=O)Nc1nc2ccc(-c3cccc([N+](=O)[O-])c3)cc2s1. The van der Waals surface area contributed by atoms with Gasteiger partial charge in [0.25, 0.3) is 5.69 Å². The zero-order valence-electron chi connectivity index (χ0n) is 11.6. The summed E-state index contributed by atoms with van der Waals surface area (Å²) in [6, 6.07) is 12.1. The summed E-state index contributed by atoms with van der Waals surface area (Å²) < 4.78 is 0.910. The van der Waals surface area contributed by atoms with E-state index in [4.69, 9.17) is 0 Å². The van der Waals surface area contributed by atoms with Gasteiger partial charge in [0.1, 0.15) is 0 Å². The number of nitro groups is 1. The fourth-order valence-corrected chi connectivity index (χ4v) is 3.06. The number of hydrogen-bond donors (Lipinski definition) is 1. The highest BCUT2D eigenvalue weighted by molar-refractivity contribution is 7.22. The zero-order chi connectivity index (χ0) is 15.7. The number of non-ortho nitro benzene ring substituents is 1. The van der Waals surface area contributed by atoms with E-state index in [0.717, 1.165) is 21.3 Å². The largest absolute Gasteiger partial charge is 0.302 e. The minimum atomic E-state index is -0.413. The van der Waals surface area contributed by atoms with E-state index in [1.807, 2.05) is 24.3 Å². The number of carbonyl (C=O) groups is 1. The second-order valence-corrected chi connectivity index (χ2v) is 5.72. The van der Waals surface area contributed by atoms with Crippen LogP contribution in [0.1, 0.15) is 6.92 Å². The van der Waals surface area contributed by atoms with Gasteiger partial charge in [-0.2, -0.15) is 0 Å². The van der Waals surface area contributed by atoms with Gasteiger partial charge >= 0.3 is 0 Å². The van der Waals surface area contributed by atoms with Gasteiger partial charge in [-0.15, -0.1) is 0 Å². The topological polar surface area (TPSA) is 85.1 Å². The molecule has 22 heavy (non-hydrogen) atoms. The molecule has 0 radical (unpaired) electrons. The predicted octanol–water partition coefficient (Wildman–Crippen LogP) is 3.83. The Morgan fingerprint density at radius 2 is 2.00 bits per heavy atom. The molecule has 1 amide bonds. The Labute approximate surface area is 129 Å². The molecule has 1 aromatic heterocycles. The van der Waals surface area contributed by atoms with E-state index in [1.54, 1.807) is 6.07 Å². The number of carbonyl (C=O) groups excluding carboxylic acids is 1. The van der Waals surface area contributed by atoms with Gasteiger partial charge in [0.15, 0.2) is 5.13 Å². The highest BCUT2D eigenvalue weighted by Gasteiger charge is 2.10. The number of rotatable bonds is 3. The van der Waals surface area contributed by atoms with Crippen molar-refractivity contribution in [3.63, 3.8) is 0 Å². The van der Waals surface area contributed by atoms with Gasteiger partial charge in [-0.25, -0.2) is 4.98 Å². The molecule has 7 heteroatoms. The van der Waals surface area contributed by atoms with Crippen LogP contribution in [0.3, 0.4) is 0 Å². The number of amides is 1. The lowest BCUT2D eigenvalue weighted by Crippen LogP contribution is -2.04. The summed E-state index contributed by atoms with van der Waals surface area (Å²) in [6.07, 6.45) is 0. The quantitative estimate of drug-likeness (QED) is 0.588. The van der Waals surface area contributed by atoms with Gasteiger partial charge in [-0.1, -0.05) is 29.5 Å². The molecule has 110 valence electrons. The van der Waals surface area contributed by atoms with Crippen LogP contribution in [0.2, 0.25) is 0 Å². The summed E-state index contributed by atoms with van der Waals surface area (Å²) in [5, 5.41) is 14.1. The van der Waals surface area contributed by atoms with Crippen LogP contribution >= 0.6 is 11.3 Å². The van der Waals surface area contributed by atoms with Crippen molar-refractivity contribution in [1.29, 1.82) is 0 Å². The van der Waals surface area contributed by atoms with Crippen LogP contribution in [-0.2, 0) is 4.79 Å². The normalized spacial score (nSPS) is 10.6. The van der Waals surface area contributed by atoms with Crippen LogP contribution in [0.25, 0.3) is 21.3 Å². The standard InChI is InChI=1S/C15H11N3O3S/c1-9(19)16-15-17-13-6-5-11(8-14(13)22-15)10-3-2-4-12(7-10)18(20)21/h2-8H,1H3,(H,16,17,19). The Balaban J connectivity index is 2.02. The number of nitrogens with one attached hydrogen (secondary N) is 1. The summed E-state index contributed by atoms with van der Waals surface area (Å²) in [5.41, 5.74) is 2.48. The number of fused-ring (bicyclic) bond motifs is 1. The van der Waals surface area contributed by atoms with Crippen molar-refractivity contribution in [3.05, 3.63) is 52.6 Å². The van der Waals surface area contributed by atoms with E-state index < -0.39 is 4.92 Å². The minimum Gasteiger partial charge on any atom is -0.302 e. The molecule has 0 spiro atoms. The molecule has 0 aliphatic heterocycles. The maximum absolute atomic E-state index is 11.1. The van der Waals surface area contributed by atoms with Crippen molar-refractivity contribution in [2.75, 3.05) is 5.32 Å². The average molecular weight is 313 g/mol.